The van der Waals surface area contributed by atoms with Crippen molar-refractivity contribution in [3.05, 3.63) is 12.4 Å². The van der Waals surface area contributed by atoms with Gasteiger partial charge in [0.1, 0.15) is 12.1 Å². The average Bonchev–Trinajstić information content (AvgIpc) is 3.30. The molecular weight excluding hydrogens is 252 g/mol. The maximum Gasteiger partial charge on any atom is 0.218 e. The number of piperidine rings is 1. The van der Waals surface area contributed by atoms with Crippen molar-refractivity contribution < 1.29 is 4.74 Å². The molecule has 0 spiro atoms. The van der Waals surface area contributed by atoms with E-state index in [1.54, 1.807) is 6.33 Å². The molecule has 0 amide bonds. The Morgan fingerprint density at radius 1 is 1.30 bits per heavy atom. The molecule has 3 rings (SSSR count). The van der Waals surface area contributed by atoms with Gasteiger partial charge in [-0.1, -0.05) is 0 Å². The lowest BCUT2D eigenvalue weighted by Crippen LogP contribution is -2.46. The Bertz CT molecular complexity index is 436. The molecule has 2 aliphatic rings. The summed E-state index contributed by atoms with van der Waals surface area (Å²) in [6, 6.07) is 3.29. The van der Waals surface area contributed by atoms with Crippen molar-refractivity contribution in [1.82, 2.24) is 15.3 Å². The van der Waals surface area contributed by atoms with Gasteiger partial charge in [0.15, 0.2) is 0 Å². The Kier molecular flexibility index (Phi) is 4.35. The molecule has 0 aromatic carbocycles. The van der Waals surface area contributed by atoms with Crippen LogP contribution in [-0.4, -0.2) is 41.7 Å². The maximum absolute atomic E-state index is 5.49. The third kappa shape index (κ3) is 3.39. The van der Waals surface area contributed by atoms with Gasteiger partial charge < -0.3 is 15.0 Å². The Balaban J connectivity index is 1.68. The fourth-order valence-corrected chi connectivity index (χ4v) is 2.82. The van der Waals surface area contributed by atoms with Crippen LogP contribution in [0.25, 0.3) is 0 Å². The molecule has 110 valence electrons. The molecule has 2 fully saturated rings. The number of ether oxygens (including phenoxy) is 1. The fourth-order valence-electron chi connectivity index (χ4n) is 2.82. The Morgan fingerprint density at radius 3 is 3.00 bits per heavy atom. The Labute approximate surface area is 120 Å². The molecule has 1 atom stereocenters. The topological polar surface area (TPSA) is 50.3 Å². The minimum Gasteiger partial charge on any atom is -0.478 e. The van der Waals surface area contributed by atoms with Gasteiger partial charge in [-0.25, -0.2) is 9.97 Å². The van der Waals surface area contributed by atoms with E-state index in [2.05, 4.69) is 20.2 Å². The summed E-state index contributed by atoms with van der Waals surface area (Å²) in [4.78, 5) is 11.0. The van der Waals surface area contributed by atoms with Crippen molar-refractivity contribution in [2.24, 2.45) is 0 Å². The first-order chi connectivity index (χ1) is 9.86. The molecule has 1 aromatic heterocycles. The lowest BCUT2D eigenvalue weighted by molar-refractivity contribution is 0.325. The van der Waals surface area contributed by atoms with Crippen LogP contribution in [0.15, 0.2) is 12.4 Å². The smallest absolute Gasteiger partial charge is 0.218 e. The van der Waals surface area contributed by atoms with Gasteiger partial charge in [-0.2, -0.15) is 0 Å². The molecule has 1 aromatic rings. The summed E-state index contributed by atoms with van der Waals surface area (Å²) in [6.07, 6.45) is 8.10. The second-order valence-electron chi connectivity index (χ2n) is 5.67. The first kappa shape index (κ1) is 13.6. The number of rotatable bonds is 6. The number of hydrogen-bond donors (Lipinski definition) is 1. The van der Waals surface area contributed by atoms with Crippen molar-refractivity contribution in [2.75, 3.05) is 24.6 Å². The van der Waals surface area contributed by atoms with Gasteiger partial charge in [-0.3, -0.25) is 0 Å². The van der Waals surface area contributed by atoms with Crippen LogP contribution in [0.2, 0.25) is 0 Å². The summed E-state index contributed by atoms with van der Waals surface area (Å²) in [5.41, 5.74) is 0. The van der Waals surface area contributed by atoms with Crippen LogP contribution in [-0.2, 0) is 0 Å². The normalized spacial score (nSPS) is 22.9. The number of hydrogen-bond acceptors (Lipinski definition) is 5. The minimum atomic E-state index is 0.550. The zero-order valence-corrected chi connectivity index (χ0v) is 12.2. The van der Waals surface area contributed by atoms with E-state index in [0.29, 0.717) is 18.5 Å². The summed E-state index contributed by atoms with van der Waals surface area (Å²) in [7, 11) is 0. The number of nitrogens with one attached hydrogen (secondary N) is 1. The van der Waals surface area contributed by atoms with Gasteiger partial charge >= 0.3 is 0 Å². The van der Waals surface area contributed by atoms with E-state index in [9.17, 15) is 0 Å². The second kappa shape index (κ2) is 6.39. The molecule has 5 nitrogen and oxygen atoms in total. The van der Waals surface area contributed by atoms with E-state index in [0.717, 1.165) is 24.9 Å². The fraction of sp³-hybridized carbons (Fsp3) is 0.733. The molecule has 5 heteroatoms. The summed E-state index contributed by atoms with van der Waals surface area (Å²) in [6.45, 7) is 4.77. The first-order valence-corrected chi connectivity index (χ1v) is 7.81. The van der Waals surface area contributed by atoms with Crippen molar-refractivity contribution in [3.8, 4) is 5.88 Å². The summed E-state index contributed by atoms with van der Waals surface area (Å²) in [5.74, 6) is 1.68. The lowest BCUT2D eigenvalue weighted by Gasteiger charge is -2.37. The molecule has 1 aliphatic carbocycles. The highest BCUT2D eigenvalue weighted by Gasteiger charge is 2.27. The van der Waals surface area contributed by atoms with Crippen LogP contribution in [0, 0.1) is 0 Å². The van der Waals surface area contributed by atoms with Crippen molar-refractivity contribution in [2.45, 2.75) is 51.1 Å². The van der Waals surface area contributed by atoms with Gasteiger partial charge in [0, 0.05) is 31.2 Å². The molecule has 1 N–H and O–H groups in total. The largest absolute Gasteiger partial charge is 0.478 e. The van der Waals surface area contributed by atoms with Gasteiger partial charge in [-0.15, -0.1) is 0 Å². The van der Waals surface area contributed by atoms with Crippen LogP contribution >= 0.6 is 0 Å². The van der Waals surface area contributed by atoms with Crippen LogP contribution in [0.3, 0.4) is 0 Å². The third-order valence-electron chi connectivity index (χ3n) is 4.06. The molecule has 0 radical (unpaired) electrons. The highest BCUT2D eigenvalue weighted by molar-refractivity contribution is 5.42. The number of nitrogens with zero attached hydrogens (tertiary/aromatic N) is 3. The Hall–Kier alpha value is -1.36. The predicted molar refractivity (Wildman–Crippen MR) is 79.2 cm³/mol. The lowest BCUT2D eigenvalue weighted by atomic mass is 10.0. The molecule has 1 unspecified atom stereocenters. The molecule has 1 aliphatic heterocycles. The van der Waals surface area contributed by atoms with Gasteiger partial charge in [-0.05, 0) is 39.0 Å². The summed E-state index contributed by atoms with van der Waals surface area (Å²) < 4.78 is 5.49. The summed E-state index contributed by atoms with van der Waals surface area (Å²) in [5, 5.41) is 3.65. The van der Waals surface area contributed by atoms with E-state index in [1.807, 2.05) is 13.0 Å². The molecule has 2 heterocycles. The van der Waals surface area contributed by atoms with Crippen LogP contribution in [0.4, 0.5) is 5.82 Å². The summed E-state index contributed by atoms with van der Waals surface area (Å²) >= 11 is 0. The van der Waals surface area contributed by atoms with E-state index >= 15 is 0 Å². The van der Waals surface area contributed by atoms with E-state index in [4.69, 9.17) is 4.74 Å². The second-order valence-corrected chi connectivity index (χ2v) is 5.67. The van der Waals surface area contributed by atoms with Crippen molar-refractivity contribution in [1.29, 1.82) is 0 Å². The Morgan fingerprint density at radius 2 is 2.20 bits per heavy atom. The highest BCUT2D eigenvalue weighted by atomic mass is 16.5. The quantitative estimate of drug-likeness (QED) is 0.861. The van der Waals surface area contributed by atoms with Gasteiger partial charge in [0.2, 0.25) is 5.88 Å². The van der Waals surface area contributed by atoms with Crippen LogP contribution < -0.4 is 15.0 Å². The minimum absolute atomic E-state index is 0.550. The van der Waals surface area contributed by atoms with E-state index in [1.165, 1.54) is 32.1 Å². The number of anilines is 1. The monoisotopic (exact) mass is 276 g/mol. The van der Waals surface area contributed by atoms with Crippen LogP contribution in [0.5, 0.6) is 5.88 Å². The van der Waals surface area contributed by atoms with Crippen molar-refractivity contribution in [3.63, 3.8) is 0 Å². The van der Waals surface area contributed by atoms with Gasteiger partial charge in [0.25, 0.3) is 0 Å². The number of aromatic nitrogens is 2. The molecule has 0 bridgehead atoms. The van der Waals surface area contributed by atoms with Gasteiger partial charge in [0.05, 0.1) is 6.61 Å². The van der Waals surface area contributed by atoms with E-state index in [-0.39, 0.29) is 0 Å². The van der Waals surface area contributed by atoms with E-state index < -0.39 is 0 Å². The first-order valence-electron chi connectivity index (χ1n) is 7.81. The van der Waals surface area contributed by atoms with Crippen LogP contribution in [0.1, 0.15) is 39.0 Å². The molecule has 1 saturated carbocycles. The highest BCUT2D eigenvalue weighted by Crippen LogP contribution is 2.26. The SMILES string of the molecule is CCOc1cc(N2CCCCC2CNC2CC2)ncn1. The molecular formula is C15H24N4O. The molecule has 20 heavy (non-hydrogen) atoms. The standard InChI is InChI=1S/C15H24N4O/c1-2-20-15-9-14(17-11-18-15)19-8-4-3-5-13(19)10-16-12-6-7-12/h9,11-13,16H,2-8,10H2,1H3. The zero-order chi connectivity index (χ0) is 13.8. The van der Waals surface area contributed by atoms with Crippen molar-refractivity contribution >= 4 is 5.82 Å². The maximum atomic E-state index is 5.49. The zero-order valence-electron chi connectivity index (χ0n) is 12.2. The predicted octanol–water partition coefficient (Wildman–Crippen LogP) is 1.99. The average molecular weight is 276 g/mol. The molecule has 1 saturated heterocycles. The third-order valence-corrected chi connectivity index (χ3v) is 4.06.